The third kappa shape index (κ3) is 4.53. The third-order valence-corrected chi connectivity index (χ3v) is 4.03. The van der Waals surface area contributed by atoms with Crippen LogP contribution in [0.15, 0.2) is 54.7 Å². The number of rotatable bonds is 6. The summed E-state index contributed by atoms with van der Waals surface area (Å²) >= 11 is 0. The lowest BCUT2D eigenvalue weighted by atomic mass is 10.0. The van der Waals surface area contributed by atoms with E-state index < -0.39 is 0 Å². The van der Waals surface area contributed by atoms with Gasteiger partial charge in [0.05, 0.1) is 6.20 Å². The molecular formula is C20H23N5. The van der Waals surface area contributed by atoms with Crippen LogP contribution in [-0.2, 0) is 6.42 Å². The van der Waals surface area contributed by atoms with E-state index in [9.17, 15) is 0 Å². The van der Waals surface area contributed by atoms with Crippen LogP contribution in [0.25, 0.3) is 0 Å². The number of hydrogen-bond donors (Lipinski definition) is 2. The normalized spacial score (nSPS) is 10.7. The molecule has 3 rings (SSSR count). The average Bonchev–Trinajstić information content (AvgIpc) is 2.63. The van der Waals surface area contributed by atoms with Gasteiger partial charge in [-0.05, 0) is 47.7 Å². The van der Waals surface area contributed by atoms with Crippen LogP contribution < -0.4 is 10.6 Å². The van der Waals surface area contributed by atoms with Crippen molar-refractivity contribution in [2.45, 2.75) is 33.1 Å². The molecule has 128 valence electrons. The summed E-state index contributed by atoms with van der Waals surface area (Å²) in [5.74, 6) is 1.63. The lowest BCUT2D eigenvalue weighted by Crippen LogP contribution is -2.02. The van der Waals surface area contributed by atoms with Gasteiger partial charge in [0.2, 0.25) is 5.95 Å². The SMILES string of the molecule is CCc1ccc(Nc2cnnc(Nc3ccc(C(C)C)cc3)n2)cc1. The second-order valence-corrected chi connectivity index (χ2v) is 6.24. The van der Waals surface area contributed by atoms with Crippen molar-refractivity contribution >= 4 is 23.1 Å². The quantitative estimate of drug-likeness (QED) is 0.661. The zero-order valence-corrected chi connectivity index (χ0v) is 14.8. The Morgan fingerprint density at radius 3 is 2.16 bits per heavy atom. The second kappa shape index (κ2) is 7.75. The number of nitrogens with one attached hydrogen (secondary N) is 2. The largest absolute Gasteiger partial charge is 0.339 e. The summed E-state index contributed by atoms with van der Waals surface area (Å²) < 4.78 is 0. The molecule has 0 amide bonds. The lowest BCUT2D eigenvalue weighted by molar-refractivity contribution is 0.867. The van der Waals surface area contributed by atoms with Crippen LogP contribution in [-0.4, -0.2) is 15.2 Å². The Hall–Kier alpha value is -2.95. The molecule has 2 N–H and O–H groups in total. The molecule has 0 radical (unpaired) electrons. The molecule has 2 aromatic carbocycles. The summed E-state index contributed by atoms with van der Waals surface area (Å²) in [6.07, 6.45) is 2.64. The van der Waals surface area contributed by atoms with E-state index in [4.69, 9.17) is 0 Å². The molecule has 0 saturated heterocycles. The summed E-state index contributed by atoms with van der Waals surface area (Å²) in [6, 6.07) is 16.6. The van der Waals surface area contributed by atoms with Gasteiger partial charge in [0.25, 0.3) is 0 Å². The van der Waals surface area contributed by atoms with Crippen molar-refractivity contribution in [3.63, 3.8) is 0 Å². The molecule has 0 bridgehead atoms. The van der Waals surface area contributed by atoms with E-state index in [0.29, 0.717) is 17.7 Å². The Bertz CT molecular complexity index is 810. The van der Waals surface area contributed by atoms with E-state index in [-0.39, 0.29) is 0 Å². The van der Waals surface area contributed by atoms with E-state index in [1.807, 2.05) is 24.3 Å². The Morgan fingerprint density at radius 1 is 0.880 bits per heavy atom. The molecule has 0 fully saturated rings. The van der Waals surface area contributed by atoms with Gasteiger partial charge in [-0.3, -0.25) is 0 Å². The highest BCUT2D eigenvalue weighted by Crippen LogP contribution is 2.20. The van der Waals surface area contributed by atoms with Gasteiger partial charge in [0.1, 0.15) is 0 Å². The van der Waals surface area contributed by atoms with Crippen LogP contribution in [0.5, 0.6) is 0 Å². The molecule has 1 aromatic heterocycles. The highest BCUT2D eigenvalue weighted by molar-refractivity contribution is 5.59. The average molecular weight is 333 g/mol. The molecule has 5 heteroatoms. The molecule has 0 aliphatic carbocycles. The molecule has 0 aliphatic rings. The summed E-state index contributed by atoms with van der Waals surface area (Å²) in [7, 11) is 0. The van der Waals surface area contributed by atoms with Crippen molar-refractivity contribution in [1.29, 1.82) is 0 Å². The number of benzene rings is 2. The van der Waals surface area contributed by atoms with Crippen molar-refractivity contribution in [2.75, 3.05) is 10.6 Å². The zero-order valence-electron chi connectivity index (χ0n) is 14.8. The molecule has 0 aliphatic heterocycles. The van der Waals surface area contributed by atoms with Crippen LogP contribution in [0.4, 0.5) is 23.1 Å². The van der Waals surface area contributed by atoms with Gasteiger partial charge < -0.3 is 10.6 Å². The fourth-order valence-electron chi connectivity index (χ4n) is 2.47. The van der Waals surface area contributed by atoms with Gasteiger partial charge >= 0.3 is 0 Å². The third-order valence-electron chi connectivity index (χ3n) is 4.03. The monoisotopic (exact) mass is 333 g/mol. The van der Waals surface area contributed by atoms with Crippen LogP contribution in [0.2, 0.25) is 0 Å². The van der Waals surface area contributed by atoms with Gasteiger partial charge in [-0.25, -0.2) is 0 Å². The van der Waals surface area contributed by atoms with Crippen LogP contribution in [0.1, 0.15) is 37.8 Å². The van der Waals surface area contributed by atoms with E-state index >= 15 is 0 Å². The predicted molar refractivity (Wildman–Crippen MR) is 103 cm³/mol. The first-order valence-electron chi connectivity index (χ1n) is 8.56. The molecule has 0 saturated carbocycles. The van der Waals surface area contributed by atoms with E-state index in [1.165, 1.54) is 11.1 Å². The van der Waals surface area contributed by atoms with Gasteiger partial charge in [0, 0.05) is 11.4 Å². The second-order valence-electron chi connectivity index (χ2n) is 6.24. The van der Waals surface area contributed by atoms with Crippen molar-refractivity contribution in [2.24, 2.45) is 0 Å². The first kappa shape index (κ1) is 16.9. The van der Waals surface area contributed by atoms with Gasteiger partial charge in [-0.2, -0.15) is 10.1 Å². The zero-order chi connectivity index (χ0) is 17.6. The van der Waals surface area contributed by atoms with Crippen LogP contribution >= 0.6 is 0 Å². The van der Waals surface area contributed by atoms with Crippen molar-refractivity contribution < 1.29 is 0 Å². The van der Waals surface area contributed by atoms with Crippen molar-refractivity contribution in [3.05, 3.63) is 65.9 Å². The van der Waals surface area contributed by atoms with Gasteiger partial charge in [-0.15, -0.1) is 5.10 Å². The standard InChI is InChI=1S/C20H23N5/c1-4-15-5-9-17(10-6-15)22-19-13-21-25-20(24-19)23-18-11-7-16(8-12-18)14(2)3/h5-14H,4H2,1-3H3,(H2,22,23,24,25). The maximum absolute atomic E-state index is 4.47. The Morgan fingerprint density at radius 2 is 1.52 bits per heavy atom. The van der Waals surface area contributed by atoms with E-state index in [0.717, 1.165) is 17.8 Å². The summed E-state index contributed by atoms with van der Waals surface area (Å²) in [6.45, 7) is 6.50. The molecule has 25 heavy (non-hydrogen) atoms. The fourth-order valence-corrected chi connectivity index (χ4v) is 2.47. The molecule has 0 unspecified atom stereocenters. The topological polar surface area (TPSA) is 62.7 Å². The lowest BCUT2D eigenvalue weighted by Gasteiger charge is -2.09. The first-order chi connectivity index (χ1) is 12.1. The van der Waals surface area contributed by atoms with E-state index in [2.05, 4.69) is 70.9 Å². The Balaban J connectivity index is 1.70. The Labute approximate surface area is 148 Å². The summed E-state index contributed by atoms with van der Waals surface area (Å²) in [5.41, 5.74) is 4.52. The van der Waals surface area contributed by atoms with Crippen LogP contribution in [0, 0.1) is 0 Å². The number of nitrogens with zero attached hydrogens (tertiary/aromatic N) is 3. The fraction of sp³-hybridized carbons (Fsp3) is 0.250. The minimum absolute atomic E-state index is 0.465. The number of aryl methyl sites for hydroxylation is 1. The predicted octanol–water partition coefficient (Wildman–Crippen LogP) is 5.04. The highest BCUT2D eigenvalue weighted by Gasteiger charge is 2.04. The maximum atomic E-state index is 4.47. The van der Waals surface area contributed by atoms with Crippen molar-refractivity contribution in [1.82, 2.24) is 15.2 Å². The maximum Gasteiger partial charge on any atom is 0.249 e. The molecule has 1 heterocycles. The molecule has 5 nitrogen and oxygen atoms in total. The number of anilines is 4. The molecule has 0 atom stereocenters. The van der Waals surface area contributed by atoms with Crippen molar-refractivity contribution in [3.8, 4) is 0 Å². The highest BCUT2D eigenvalue weighted by atomic mass is 15.3. The van der Waals surface area contributed by atoms with Gasteiger partial charge in [0.15, 0.2) is 5.82 Å². The van der Waals surface area contributed by atoms with Crippen LogP contribution in [0.3, 0.4) is 0 Å². The molecule has 3 aromatic rings. The smallest absolute Gasteiger partial charge is 0.249 e. The summed E-state index contributed by atoms with van der Waals surface area (Å²) in [5, 5.41) is 14.5. The first-order valence-corrected chi connectivity index (χ1v) is 8.56. The summed E-state index contributed by atoms with van der Waals surface area (Å²) in [4.78, 5) is 4.47. The van der Waals surface area contributed by atoms with Gasteiger partial charge in [-0.1, -0.05) is 45.0 Å². The Kier molecular flexibility index (Phi) is 5.23. The van der Waals surface area contributed by atoms with E-state index in [1.54, 1.807) is 6.20 Å². The minimum Gasteiger partial charge on any atom is -0.339 e. The molecular weight excluding hydrogens is 310 g/mol. The molecule has 0 spiro atoms. The minimum atomic E-state index is 0.465. The number of hydrogen-bond acceptors (Lipinski definition) is 5. The number of aromatic nitrogens is 3.